The second-order valence-electron chi connectivity index (χ2n) is 2.25. The standard InChI is InChI=1S/C8H6Br2O2/c9-6-3-1-5(2-4-6)7(10)8(11)12/h1-4,7H,(H,11,12)/t7-/m0/s1. The number of rotatable bonds is 2. The predicted molar refractivity (Wildman–Crippen MR) is 53.4 cm³/mol. The second-order valence-corrected chi connectivity index (χ2v) is 4.08. The molecule has 12 heavy (non-hydrogen) atoms. The van der Waals surface area contributed by atoms with Gasteiger partial charge in [-0.05, 0) is 17.7 Å². The number of alkyl halides is 1. The SMILES string of the molecule is O=C(O)[C@@H](Br)c1ccc(Br)cc1. The van der Waals surface area contributed by atoms with E-state index in [1.165, 1.54) is 0 Å². The summed E-state index contributed by atoms with van der Waals surface area (Å²) in [6.07, 6.45) is 0. The molecule has 0 unspecified atom stereocenters. The van der Waals surface area contributed by atoms with Crippen LogP contribution in [0.3, 0.4) is 0 Å². The van der Waals surface area contributed by atoms with Crippen LogP contribution in [0.2, 0.25) is 0 Å². The smallest absolute Gasteiger partial charge is 0.321 e. The fraction of sp³-hybridized carbons (Fsp3) is 0.125. The Labute approximate surface area is 86.9 Å². The van der Waals surface area contributed by atoms with Crippen molar-refractivity contribution in [2.24, 2.45) is 0 Å². The average molecular weight is 294 g/mol. The summed E-state index contributed by atoms with van der Waals surface area (Å²) >= 11 is 6.33. The van der Waals surface area contributed by atoms with Gasteiger partial charge in [-0.25, -0.2) is 0 Å². The summed E-state index contributed by atoms with van der Waals surface area (Å²) in [6, 6.07) is 7.15. The number of benzene rings is 1. The molecule has 64 valence electrons. The minimum Gasteiger partial charge on any atom is -0.480 e. The van der Waals surface area contributed by atoms with Gasteiger partial charge in [0.2, 0.25) is 0 Å². The maximum atomic E-state index is 10.5. The van der Waals surface area contributed by atoms with Gasteiger partial charge in [0.15, 0.2) is 0 Å². The van der Waals surface area contributed by atoms with Crippen molar-refractivity contribution >= 4 is 37.8 Å². The topological polar surface area (TPSA) is 37.3 Å². The van der Waals surface area contributed by atoms with Crippen LogP contribution in [-0.2, 0) is 4.79 Å². The molecule has 0 bridgehead atoms. The molecular formula is C8H6Br2O2. The van der Waals surface area contributed by atoms with Gasteiger partial charge < -0.3 is 5.11 Å². The molecule has 0 amide bonds. The first-order valence-electron chi connectivity index (χ1n) is 3.23. The summed E-state index contributed by atoms with van der Waals surface area (Å²) < 4.78 is 0.941. The van der Waals surface area contributed by atoms with Gasteiger partial charge in [-0.2, -0.15) is 0 Å². The number of hydrogen-bond acceptors (Lipinski definition) is 1. The monoisotopic (exact) mass is 292 g/mol. The van der Waals surface area contributed by atoms with Crippen LogP contribution in [0.5, 0.6) is 0 Å². The molecule has 0 aromatic heterocycles. The minimum absolute atomic E-state index is 0.620. The van der Waals surface area contributed by atoms with Gasteiger partial charge in [0.05, 0.1) is 0 Å². The van der Waals surface area contributed by atoms with E-state index in [0.717, 1.165) is 10.0 Å². The summed E-state index contributed by atoms with van der Waals surface area (Å²) in [6.45, 7) is 0. The number of halogens is 2. The lowest BCUT2D eigenvalue weighted by Crippen LogP contribution is -2.03. The van der Waals surface area contributed by atoms with E-state index < -0.39 is 10.8 Å². The molecule has 1 rings (SSSR count). The Morgan fingerprint density at radius 1 is 1.33 bits per heavy atom. The third kappa shape index (κ3) is 2.32. The quantitative estimate of drug-likeness (QED) is 0.851. The van der Waals surface area contributed by atoms with Crippen molar-refractivity contribution in [3.05, 3.63) is 34.3 Å². The van der Waals surface area contributed by atoms with Crippen molar-refractivity contribution in [3.8, 4) is 0 Å². The number of carboxylic acid groups (broad SMARTS) is 1. The molecule has 2 nitrogen and oxygen atoms in total. The fourth-order valence-electron chi connectivity index (χ4n) is 0.774. The van der Waals surface area contributed by atoms with Crippen LogP contribution < -0.4 is 0 Å². The van der Waals surface area contributed by atoms with Crippen LogP contribution in [0.4, 0.5) is 0 Å². The Balaban J connectivity index is 2.89. The zero-order chi connectivity index (χ0) is 9.14. The molecule has 1 aromatic carbocycles. The fourth-order valence-corrected chi connectivity index (χ4v) is 1.34. The van der Waals surface area contributed by atoms with Gasteiger partial charge in [-0.15, -0.1) is 0 Å². The van der Waals surface area contributed by atoms with Gasteiger partial charge in [0.25, 0.3) is 0 Å². The minimum atomic E-state index is -0.877. The van der Waals surface area contributed by atoms with E-state index in [2.05, 4.69) is 31.9 Å². The van der Waals surface area contributed by atoms with Gasteiger partial charge in [0.1, 0.15) is 4.83 Å². The molecule has 0 aliphatic heterocycles. The first kappa shape index (κ1) is 9.74. The van der Waals surface area contributed by atoms with Gasteiger partial charge >= 0.3 is 5.97 Å². The molecule has 4 heteroatoms. The van der Waals surface area contributed by atoms with Crippen molar-refractivity contribution < 1.29 is 9.90 Å². The highest BCUT2D eigenvalue weighted by Crippen LogP contribution is 2.24. The number of carbonyl (C=O) groups is 1. The lowest BCUT2D eigenvalue weighted by atomic mass is 10.2. The highest BCUT2D eigenvalue weighted by molar-refractivity contribution is 9.10. The van der Waals surface area contributed by atoms with Crippen molar-refractivity contribution in [2.45, 2.75) is 4.83 Å². The molecule has 0 heterocycles. The van der Waals surface area contributed by atoms with Crippen LogP contribution in [-0.4, -0.2) is 11.1 Å². The first-order chi connectivity index (χ1) is 5.61. The van der Waals surface area contributed by atoms with E-state index in [9.17, 15) is 4.79 Å². The zero-order valence-corrected chi connectivity index (χ0v) is 9.17. The summed E-state index contributed by atoms with van der Waals surface area (Å²) in [5, 5.41) is 8.65. The molecule has 0 aliphatic carbocycles. The molecule has 1 aromatic rings. The molecule has 0 fully saturated rings. The second kappa shape index (κ2) is 4.05. The van der Waals surface area contributed by atoms with Crippen LogP contribution >= 0.6 is 31.9 Å². The van der Waals surface area contributed by atoms with Crippen LogP contribution in [0.1, 0.15) is 10.4 Å². The van der Waals surface area contributed by atoms with Crippen LogP contribution in [0.25, 0.3) is 0 Å². The van der Waals surface area contributed by atoms with Crippen molar-refractivity contribution in [2.75, 3.05) is 0 Å². The molecule has 0 saturated heterocycles. The maximum Gasteiger partial charge on any atom is 0.321 e. The number of hydrogen-bond donors (Lipinski definition) is 1. The summed E-state index contributed by atoms with van der Waals surface area (Å²) in [4.78, 5) is 9.91. The number of aliphatic carboxylic acids is 1. The summed E-state index contributed by atoms with van der Waals surface area (Å²) in [5.41, 5.74) is 0.741. The molecule has 1 atom stereocenters. The van der Waals surface area contributed by atoms with E-state index in [4.69, 9.17) is 5.11 Å². The summed E-state index contributed by atoms with van der Waals surface area (Å²) in [5.74, 6) is -0.877. The molecule has 1 N–H and O–H groups in total. The number of carboxylic acids is 1. The van der Waals surface area contributed by atoms with E-state index >= 15 is 0 Å². The van der Waals surface area contributed by atoms with Crippen molar-refractivity contribution in [1.29, 1.82) is 0 Å². The van der Waals surface area contributed by atoms with E-state index in [-0.39, 0.29) is 0 Å². The first-order valence-corrected chi connectivity index (χ1v) is 4.94. The summed E-state index contributed by atoms with van der Waals surface area (Å²) in [7, 11) is 0. The highest BCUT2D eigenvalue weighted by atomic mass is 79.9. The van der Waals surface area contributed by atoms with E-state index in [1.54, 1.807) is 12.1 Å². The molecule has 0 saturated carbocycles. The van der Waals surface area contributed by atoms with Gasteiger partial charge in [-0.3, -0.25) is 4.79 Å². The van der Waals surface area contributed by atoms with E-state index in [0.29, 0.717) is 0 Å². The lowest BCUT2D eigenvalue weighted by Gasteiger charge is -2.03. The van der Waals surface area contributed by atoms with Crippen LogP contribution in [0.15, 0.2) is 28.7 Å². The van der Waals surface area contributed by atoms with E-state index in [1.807, 2.05) is 12.1 Å². The Kier molecular flexibility index (Phi) is 3.29. The molecule has 0 aliphatic rings. The van der Waals surface area contributed by atoms with Gasteiger partial charge in [-0.1, -0.05) is 44.0 Å². The van der Waals surface area contributed by atoms with Gasteiger partial charge in [0, 0.05) is 4.47 Å². The van der Waals surface area contributed by atoms with Crippen molar-refractivity contribution in [1.82, 2.24) is 0 Å². The highest BCUT2D eigenvalue weighted by Gasteiger charge is 2.14. The molecule has 0 radical (unpaired) electrons. The molecule has 0 spiro atoms. The third-order valence-electron chi connectivity index (χ3n) is 1.38. The maximum absolute atomic E-state index is 10.5. The largest absolute Gasteiger partial charge is 0.480 e. The third-order valence-corrected chi connectivity index (χ3v) is 2.83. The average Bonchev–Trinajstić information content (AvgIpc) is 2.04. The predicted octanol–water partition coefficient (Wildman–Crippen LogP) is 2.97. The van der Waals surface area contributed by atoms with Crippen LogP contribution in [0, 0.1) is 0 Å². The lowest BCUT2D eigenvalue weighted by molar-refractivity contribution is -0.136. The Hall–Kier alpha value is -0.350. The Bertz CT molecular complexity index is 282. The zero-order valence-electron chi connectivity index (χ0n) is 6.00. The normalized spacial score (nSPS) is 12.5. The van der Waals surface area contributed by atoms with Crippen molar-refractivity contribution in [3.63, 3.8) is 0 Å². The Morgan fingerprint density at radius 2 is 1.83 bits per heavy atom. The molecular weight excluding hydrogens is 288 g/mol. The Morgan fingerprint density at radius 3 is 2.25 bits per heavy atom.